The quantitative estimate of drug-likeness (QED) is 0.668. The molecular weight excluding hydrogens is 264 g/mol. The molecule has 0 radical (unpaired) electrons. The minimum atomic E-state index is -0.200. The third-order valence-corrected chi connectivity index (χ3v) is 3.09. The summed E-state index contributed by atoms with van der Waals surface area (Å²) in [5.41, 5.74) is 9.06. The second-order valence-electron chi connectivity index (χ2n) is 4.67. The zero-order chi connectivity index (χ0) is 15.2. The summed E-state index contributed by atoms with van der Waals surface area (Å²) in [6.07, 6.45) is 3.23. The Bertz CT molecular complexity index is 661. The van der Waals surface area contributed by atoms with E-state index in [1.807, 2.05) is 43.3 Å². The molecule has 0 heterocycles. The summed E-state index contributed by atoms with van der Waals surface area (Å²) in [6, 6.07) is 12.9. The molecule has 0 atom stereocenters. The number of hydrogen-bond acceptors (Lipinski definition) is 3. The van der Waals surface area contributed by atoms with Crippen molar-refractivity contribution in [3.05, 3.63) is 59.7 Å². The Hall–Kier alpha value is -2.75. The molecule has 4 heteroatoms. The fraction of sp³-hybridized carbons (Fsp3) is 0.118. The van der Waals surface area contributed by atoms with Crippen molar-refractivity contribution in [3.63, 3.8) is 0 Å². The lowest BCUT2D eigenvalue weighted by atomic mass is 10.2. The van der Waals surface area contributed by atoms with Crippen LogP contribution in [0.2, 0.25) is 0 Å². The summed E-state index contributed by atoms with van der Waals surface area (Å²) in [5.74, 6) is 0.584. The predicted octanol–water partition coefficient (Wildman–Crippen LogP) is 3.24. The van der Waals surface area contributed by atoms with Crippen molar-refractivity contribution in [2.24, 2.45) is 0 Å². The topological polar surface area (TPSA) is 64.3 Å². The maximum Gasteiger partial charge on any atom is 0.248 e. The number of ether oxygens (including phenoxy) is 1. The second kappa shape index (κ2) is 6.61. The lowest BCUT2D eigenvalue weighted by Gasteiger charge is -2.05. The molecule has 21 heavy (non-hydrogen) atoms. The van der Waals surface area contributed by atoms with Gasteiger partial charge in [0.15, 0.2) is 0 Å². The standard InChI is InChI=1S/C17H18N2O2/c1-12-3-7-14(11-16(12)18)19-17(20)10-6-13-4-8-15(21-2)9-5-13/h3-11H,18H2,1-2H3,(H,19,20)/b10-6+. The molecule has 0 saturated heterocycles. The van der Waals surface area contributed by atoms with Crippen LogP contribution in [0.15, 0.2) is 48.5 Å². The van der Waals surface area contributed by atoms with Crippen LogP contribution >= 0.6 is 0 Å². The summed E-state index contributed by atoms with van der Waals surface area (Å²) >= 11 is 0. The van der Waals surface area contributed by atoms with Crippen LogP contribution < -0.4 is 15.8 Å². The largest absolute Gasteiger partial charge is 0.497 e. The predicted molar refractivity (Wildman–Crippen MR) is 86.2 cm³/mol. The molecular formula is C17H18N2O2. The monoisotopic (exact) mass is 282 g/mol. The van der Waals surface area contributed by atoms with Gasteiger partial charge in [-0.15, -0.1) is 0 Å². The Kier molecular flexibility index (Phi) is 4.61. The van der Waals surface area contributed by atoms with Gasteiger partial charge in [0.2, 0.25) is 5.91 Å². The molecule has 4 nitrogen and oxygen atoms in total. The van der Waals surface area contributed by atoms with E-state index < -0.39 is 0 Å². The Morgan fingerprint density at radius 3 is 2.52 bits per heavy atom. The maximum absolute atomic E-state index is 11.8. The smallest absolute Gasteiger partial charge is 0.248 e. The van der Waals surface area contributed by atoms with Gasteiger partial charge in [0, 0.05) is 17.5 Å². The number of amides is 1. The molecule has 0 aromatic heterocycles. The third kappa shape index (κ3) is 4.11. The molecule has 0 aliphatic carbocycles. The number of hydrogen-bond donors (Lipinski definition) is 2. The number of benzene rings is 2. The average Bonchev–Trinajstić information content (AvgIpc) is 2.49. The van der Waals surface area contributed by atoms with Crippen molar-refractivity contribution in [1.82, 2.24) is 0 Å². The number of carbonyl (C=O) groups is 1. The first-order valence-electron chi connectivity index (χ1n) is 6.58. The van der Waals surface area contributed by atoms with Crippen LogP contribution in [0.5, 0.6) is 5.75 Å². The Balaban J connectivity index is 1.99. The molecule has 3 N–H and O–H groups in total. The van der Waals surface area contributed by atoms with E-state index in [0.717, 1.165) is 16.9 Å². The molecule has 0 spiro atoms. The summed E-state index contributed by atoms with van der Waals surface area (Å²) < 4.78 is 5.08. The zero-order valence-electron chi connectivity index (χ0n) is 12.1. The number of anilines is 2. The van der Waals surface area contributed by atoms with E-state index in [2.05, 4.69) is 5.32 Å². The zero-order valence-corrected chi connectivity index (χ0v) is 12.1. The highest BCUT2D eigenvalue weighted by molar-refractivity contribution is 6.02. The van der Waals surface area contributed by atoms with E-state index in [4.69, 9.17) is 10.5 Å². The lowest BCUT2D eigenvalue weighted by Crippen LogP contribution is -2.08. The summed E-state index contributed by atoms with van der Waals surface area (Å²) in [7, 11) is 1.62. The van der Waals surface area contributed by atoms with Gasteiger partial charge in [-0.2, -0.15) is 0 Å². The highest BCUT2D eigenvalue weighted by atomic mass is 16.5. The fourth-order valence-corrected chi connectivity index (χ4v) is 1.79. The summed E-state index contributed by atoms with van der Waals surface area (Å²) in [6.45, 7) is 1.92. The number of nitrogen functional groups attached to an aromatic ring is 1. The number of nitrogens with one attached hydrogen (secondary N) is 1. The van der Waals surface area contributed by atoms with Crippen LogP contribution in [0, 0.1) is 6.92 Å². The molecule has 0 saturated carbocycles. The minimum absolute atomic E-state index is 0.200. The van der Waals surface area contributed by atoms with Gasteiger partial charge in [-0.05, 0) is 48.4 Å². The van der Waals surface area contributed by atoms with Gasteiger partial charge in [0.25, 0.3) is 0 Å². The summed E-state index contributed by atoms with van der Waals surface area (Å²) in [5, 5.41) is 2.77. The van der Waals surface area contributed by atoms with E-state index in [0.29, 0.717) is 11.4 Å². The van der Waals surface area contributed by atoms with Gasteiger partial charge in [-0.1, -0.05) is 18.2 Å². The maximum atomic E-state index is 11.8. The first-order chi connectivity index (χ1) is 10.1. The molecule has 1 amide bonds. The van der Waals surface area contributed by atoms with Gasteiger partial charge in [0.05, 0.1) is 7.11 Å². The van der Waals surface area contributed by atoms with E-state index in [1.165, 1.54) is 6.08 Å². The van der Waals surface area contributed by atoms with Gasteiger partial charge in [-0.3, -0.25) is 4.79 Å². The molecule has 0 unspecified atom stereocenters. The van der Waals surface area contributed by atoms with E-state index in [-0.39, 0.29) is 5.91 Å². The molecule has 0 aliphatic heterocycles. The Morgan fingerprint density at radius 1 is 1.19 bits per heavy atom. The van der Waals surface area contributed by atoms with E-state index in [1.54, 1.807) is 19.3 Å². The van der Waals surface area contributed by atoms with Crippen molar-refractivity contribution in [2.75, 3.05) is 18.2 Å². The van der Waals surface area contributed by atoms with Gasteiger partial charge in [0.1, 0.15) is 5.75 Å². The third-order valence-electron chi connectivity index (χ3n) is 3.09. The van der Waals surface area contributed by atoms with E-state index >= 15 is 0 Å². The van der Waals surface area contributed by atoms with Gasteiger partial charge >= 0.3 is 0 Å². The molecule has 0 bridgehead atoms. The molecule has 2 rings (SSSR count). The van der Waals surface area contributed by atoms with Crippen molar-refractivity contribution in [2.45, 2.75) is 6.92 Å². The molecule has 108 valence electrons. The normalized spacial score (nSPS) is 10.6. The number of rotatable bonds is 4. The average molecular weight is 282 g/mol. The van der Waals surface area contributed by atoms with Gasteiger partial charge < -0.3 is 15.8 Å². The first kappa shape index (κ1) is 14.7. The number of methoxy groups -OCH3 is 1. The van der Waals surface area contributed by atoms with Crippen LogP contribution in [0.4, 0.5) is 11.4 Å². The van der Waals surface area contributed by atoms with Crippen molar-refractivity contribution in [3.8, 4) is 5.75 Å². The second-order valence-corrected chi connectivity index (χ2v) is 4.67. The Morgan fingerprint density at radius 2 is 1.90 bits per heavy atom. The Labute approximate surface area is 124 Å². The van der Waals surface area contributed by atoms with Crippen LogP contribution in [-0.2, 0) is 4.79 Å². The van der Waals surface area contributed by atoms with Crippen LogP contribution in [0.3, 0.4) is 0 Å². The van der Waals surface area contributed by atoms with Crippen LogP contribution in [-0.4, -0.2) is 13.0 Å². The molecule has 0 fully saturated rings. The van der Waals surface area contributed by atoms with Crippen molar-refractivity contribution >= 4 is 23.4 Å². The minimum Gasteiger partial charge on any atom is -0.497 e. The lowest BCUT2D eigenvalue weighted by molar-refractivity contribution is -0.111. The van der Waals surface area contributed by atoms with E-state index in [9.17, 15) is 4.79 Å². The van der Waals surface area contributed by atoms with Crippen LogP contribution in [0.1, 0.15) is 11.1 Å². The number of aryl methyl sites for hydroxylation is 1. The van der Waals surface area contributed by atoms with Crippen LogP contribution in [0.25, 0.3) is 6.08 Å². The number of carbonyl (C=O) groups excluding carboxylic acids is 1. The first-order valence-corrected chi connectivity index (χ1v) is 6.58. The highest BCUT2D eigenvalue weighted by Crippen LogP contribution is 2.17. The molecule has 2 aromatic rings. The summed E-state index contributed by atoms with van der Waals surface area (Å²) in [4.78, 5) is 11.8. The molecule has 2 aromatic carbocycles. The SMILES string of the molecule is COc1ccc(/C=C/C(=O)Nc2ccc(C)c(N)c2)cc1. The van der Waals surface area contributed by atoms with Gasteiger partial charge in [-0.25, -0.2) is 0 Å². The number of nitrogens with two attached hydrogens (primary N) is 1. The van der Waals surface area contributed by atoms with Crippen molar-refractivity contribution < 1.29 is 9.53 Å². The highest BCUT2D eigenvalue weighted by Gasteiger charge is 2.00. The van der Waals surface area contributed by atoms with Crippen molar-refractivity contribution in [1.29, 1.82) is 0 Å². The fourth-order valence-electron chi connectivity index (χ4n) is 1.79. The molecule has 0 aliphatic rings.